The molecule has 5 nitrogen and oxygen atoms in total. The summed E-state index contributed by atoms with van der Waals surface area (Å²) in [4.78, 5) is 22.8. The van der Waals surface area contributed by atoms with Gasteiger partial charge in [0, 0.05) is 10.5 Å². The Bertz CT molecular complexity index is 653. The Kier molecular flexibility index (Phi) is 3.96. The van der Waals surface area contributed by atoms with E-state index < -0.39 is 10.9 Å². The van der Waals surface area contributed by atoms with Crippen molar-refractivity contribution in [3.63, 3.8) is 0 Å². The third-order valence-electron chi connectivity index (χ3n) is 2.48. The van der Waals surface area contributed by atoms with Gasteiger partial charge in [-0.2, -0.15) is 0 Å². The number of methoxy groups -OCH3 is 1. The molecule has 0 N–H and O–H groups in total. The lowest BCUT2D eigenvalue weighted by atomic mass is 10.1. The van der Waals surface area contributed by atoms with Crippen molar-refractivity contribution in [2.24, 2.45) is 0 Å². The summed E-state index contributed by atoms with van der Waals surface area (Å²) in [6, 6.07) is 6.12. The molecule has 2 rings (SSSR count). The molecule has 0 fully saturated rings. The summed E-state index contributed by atoms with van der Waals surface area (Å²) in [6.07, 6.45) is 0. The number of halogens is 1. The summed E-state index contributed by atoms with van der Waals surface area (Å²) in [5.41, 5.74) is 0.510. The smallest absolute Gasteiger partial charge is 0.338 e. The second kappa shape index (κ2) is 5.50. The summed E-state index contributed by atoms with van der Waals surface area (Å²) in [7, 11) is 1.23. The standard InChI is InChI=1S/C12H8BrNO4S/c1-18-12(15)7-2-3-8(10(6-7)14(16)17)11-9(13)4-5-19-11/h2-6H,1H3. The molecule has 0 bridgehead atoms. The lowest BCUT2D eigenvalue weighted by molar-refractivity contribution is -0.384. The van der Waals surface area contributed by atoms with Crippen LogP contribution in [0.2, 0.25) is 0 Å². The molecule has 0 aliphatic rings. The van der Waals surface area contributed by atoms with Crippen molar-refractivity contribution in [2.75, 3.05) is 7.11 Å². The van der Waals surface area contributed by atoms with Crippen LogP contribution in [0.5, 0.6) is 0 Å². The van der Waals surface area contributed by atoms with Crippen LogP contribution in [0.4, 0.5) is 5.69 Å². The van der Waals surface area contributed by atoms with E-state index in [1.165, 1.54) is 30.6 Å². The second-order valence-corrected chi connectivity index (χ2v) is 5.35. The van der Waals surface area contributed by atoms with Gasteiger partial charge in [-0.25, -0.2) is 4.79 Å². The van der Waals surface area contributed by atoms with Crippen molar-refractivity contribution in [3.05, 3.63) is 49.8 Å². The lowest BCUT2D eigenvalue weighted by Crippen LogP contribution is -2.02. The van der Waals surface area contributed by atoms with Gasteiger partial charge in [0.25, 0.3) is 5.69 Å². The molecule has 0 aliphatic heterocycles. The van der Waals surface area contributed by atoms with Crippen LogP contribution in [0.15, 0.2) is 34.1 Å². The van der Waals surface area contributed by atoms with Gasteiger partial charge in [0.2, 0.25) is 0 Å². The zero-order valence-corrected chi connectivity index (χ0v) is 12.2. The van der Waals surface area contributed by atoms with Crippen LogP contribution >= 0.6 is 27.3 Å². The number of hydrogen-bond acceptors (Lipinski definition) is 5. The van der Waals surface area contributed by atoms with Gasteiger partial charge in [-0.3, -0.25) is 10.1 Å². The van der Waals surface area contributed by atoms with Crippen molar-refractivity contribution in [3.8, 4) is 10.4 Å². The van der Waals surface area contributed by atoms with E-state index in [1.54, 1.807) is 6.07 Å². The Morgan fingerprint density at radius 2 is 2.16 bits per heavy atom. The van der Waals surface area contributed by atoms with Crippen molar-refractivity contribution in [1.82, 2.24) is 0 Å². The Labute approximate surface area is 121 Å². The van der Waals surface area contributed by atoms with E-state index in [9.17, 15) is 14.9 Å². The van der Waals surface area contributed by atoms with Crippen molar-refractivity contribution >= 4 is 38.9 Å². The van der Waals surface area contributed by atoms with E-state index in [4.69, 9.17) is 0 Å². The number of nitro benzene ring substituents is 1. The van der Waals surface area contributed by atoms with Crippen molar-refractivity contribution < 1.29 is 14.5 Å². The minimum Gasteiger partial charge on any atom is -0.465 e. The summed E-state index contributed by atoms with van der Waals surface area (Å²) in [5, 5.41) is 13.0. The predicted molar refractivity (Wildman–Crippen MR) is 75.4 cm³/mol. The summed E-state index contributed by atoms with van der Waals surface area (Å²) < 4.78 is 5.34. The number of thiophene rings is 1. The quantitative estimate of drug-likeness (QED) is 0.482. The molecular weight excluding hydrogens is 334 g/mol. The van der Waals surface area contributed by atoms with Crippen LogP contribution in [0.1, 0.15) is 10.4 Å². The Hall–Kier alpha value is -1.73. The monoisotopic (exact) mass is 341 g/mol. The fraction of sp³-hybridized carbons (Fsp3) is 0.0833. The molecule has 7 heteroatoms. The van der Waals surface area contributed by atoms with Crippen LogP contribution in [0, 0.1) is 10.1 Å². The van der Waals surface area contributed by atoms with Gasteiger partial charge in [-0.15, -0.1) is 11.3 Å². The number of hydrogen-bond donors (Lipinski definition) is 0. The molecule has 0 atom stereocenters. The molecule has 0 spiro atoms. The number of benzene rings is 1. The lowest BCUT2D eigenvalue weighted by Gasteiger charge is -2.04. The first-order valence-electron chi connectivity index (χ1n) is 5.14. The molecule has 1 aromatic heterocycles. The van der Waals surface area contributed by atoms with Gasteiger partial charge in [-0.05, 0) is 39.5 Å². The fourth-order valence-electron chi connectivity index (χ4n) is 1.61. The molecular formula is C12H8BrNO4S. The first kappa shape index (κ1) is 13.7. The van der Waals surface area contributed by atoms with E-state index in [0.717, 1.165) is 9.35 Å². The Balaban J connectivity index is 2.60. The normalized spacial score (nSPS) is 10.2. The van der Waals surface area contributed by atoms with Gasteiger partial charge in [-0.1, -0.05) is 0 Å². The van der Waals surface area contributed by atoms with Crippen molar-refractivity contribution in [2.45, 2.75) is 0 Å². The summed E-state index contributed by atoms with van der Waals surface area (Å²) in [5.74, 6) is -0.597. The summed E-state index contributed by atoms with van der Waals surface area (Å²) in [6.45, 7) is 0. The molecule has 0 unspecified atom stereocenters. The van der Waals surface area contributed by atoms with E-state index >= 15 is 0 Å². The van der Waals surface area contributed by atoms with Crippen LogP contribution in [-0.4, -0.2) is 18.0 Å². The van der Waals surface area contributed by atoms with Crippen LogP contribution < -0.4 is 0 Å². The molecule has 98 valence electrons. The fourth-order valence-corrected chi connectivity index (χ4v) is 3.23. The Morgan fingerprint density at radius 3 is 2.68 bits per heavy atom. The van der Waals surface area contributed by atoms with Crippen LogP contribution in [0.3, 0.4) is 0 Å². The van der Waals surface area contributed by atoms with E-state index in [2.05, 4.69) is 20.7 Å². The molecule has 0 saturated carbocycles. The first-order chi connectivity index (χ1) is 9.04. The average Bonchev–Trinajstić information content (AvgIpc) is 2.83. The molecule has 0 radical (unpaired) electrons. The largest absolute Gasteiger partial charge is 0.465 e. The van der Waals surface area contributed by atoms with Gasteiger partial charge in [0.15, 0.2) is 0 Å². The van der Waals surface area contributed by atoms with Gasteiger partial charge in [0.05, 0.1) is 28.0 Å². The van der Waals surface area contributed by atoms with E-state index in [0.29, 0.717) is 5.56 Å². The minimum atomic E-state index is -0.597. The number of rotatable bonds is 3. The molecule has 1 heterocycles. The number of nitro groups is 1. The number of nitrogens with zero attached hydrogens (tertiary/aromatic N) is 1. The average molecular weight is 342 g/mol. The number of esters is 1. The maximum absolute atomic E-state index is 11.4. The highest BCUT2D eigenvalue weighted by Gasteiger charge is 2.21. The topological polar surface area (TPSA) is 69.4 Å². The number of carbonyl (C=O) groups excluding carboxylic acids is 1. The van der Waals surface area contributed by atoms with Crippen molar-refractivity contribution in [1.29, 1.82) is 0 Å². The first-order valence-corrected chi connectivity index (χ1v) is 6.82. The summed E-state index contributed by atoms with van der Waals surface area (Å²) >= 11 is 4.73. The highest BCUT2D eigenvalue weighted by molar-refractivity contribution is 9.10. The SMILES string of the molecule is COC(=O)c1ccc(-c2sccc2Br)c([N+](=O)[O-])c1. The minimum absolute atomic E-state index is 0.119. The van der Waals surface area contributed by atoms with Gasteiger partial charge < -0.3 is 4.74 Å². The molecule has 2 aromatic rings. The third-order valence-corrected chi connectivity index (χ3v) is 4.35. The molecule has 0 amide bonds. The Morgan fingerprint density at radius 1 is 1.42 bits per heavy atom. The molecule has 0 saturated heterocycles. The maximum atomic E-state index is 11.4. The second-order valence-electron chi connectivity index (χ2n) is 3.58. The highest BCUT2D eigenvalue weighted by atomic mass is 79.9. The predicted octanol–water partition coefficient (Wildman–Crippen LogP) is 3.87. The van der Waals surface area contributed by atoms with Gasteiger partial charge in [0.1, 0.15) is 0 Å². The van der Waals surface area contributed by atoms with E-state index in [1.807, 2.05) is 11.4 Å². The van der Waals surface area contributed by atoms with Gasteiger partial charge >= 0.3 is 5.97 Å². The van der Waals surface area contributed by atoms with Crippen LogP contribution in [0.25, 0.3) is 10.4 Å². The number of carbonyl (C=O) groups is 1. The molecule has 0 aliphatic carbocycles. The third kappa shape index (κ3) is 2.66. The van der Waals surface area contributed by atoms with E-state index in [-0.39, 0.29) is 11.3 Å². The molecule has 1 aromatic carbocycles. The zero-order chi connectivity index (χ0) is 14.0. The maximum Gasteiger partial charge on any atom is 0.338 e. The zero-order valence-electron chi connectivity index (χ0n) is 9.75. The van der Waals surface area contributed by atoms with Crippen LogP contribution in [-0.2, 0) is 4.74 Å². The molecule has 19 heavy (non-hydrogen) atoms. The number of ether oxygens (including phenoxy) is 1. The highest BCUT2D eigenvalue weighted by Crippen LogP contribution is 2.39.